The van der Waals surface area contributed by atoms with Gasteiger partial charge in [0.2, 0.25) is 0 Å². The number of para-hydroxylation sites is 1. The maximum atomic E-state index is 13.6. The average Bonchev–Trinajstić information content (AvgIpc) is 2.67. The number of benzene rings is 2. The van der Waals surface area contributed by atoms with Crippen molar-refractivity contribution in [3.63, 3.8) is 0 Å². The zero-order chi connectivity index (χ0) is 21.0. The zero-order valence-corrected chi connectivity index (χ0v) is 15.7. The second-order valence-electron chi connectivity index (χ2n) is 6.30. The van der Waals surface area contributed by atoms with Gasteiger partial charge in [0.1, 0.15) is 17.1 Å². The number of fused-ring (bicyclic) bond motifs is 1. The van der Waals surface area contributed by atoms with Crippen molar-refractivity contribution in [2.45, 2.75) is 20.0 Å². The van der Waals surface area contributed by atoms with Crippen molar-refractivity contribution >= 4 is 28.5 Å². The standard InChI is InChI=1S/C21H18FNO6/c1-12-9-19(24)29-18-10-14(7-8-15(12)18)27-11-20(25)28-13(2)21(26)23-17-6-4-3-5-16(17)22/h3-10,13H,11H2,1-2H3,(H,23,26)/t13-/m1/s1. The molecule has 3 aromatic rings. The summed E-state index contributed by atoms with van der Waals surface area (Å²) in [4.78, 5) is 35.5. The summed E-state index contributed by atoms with van der Waals surface area (Å²) in [6.07, 6.45) is -1.15. The van der Waals surface area contributed by atoms with Crippen LogP contribution in [-0.4, -0.2) is 24.6 Å². The molecule has 2 aromatic carbocycles. The summed E-state index contributed by atoms with van der Waals surface area (Å²) < 4.78 is 29.0. The monoisotopic (exact) mass is 399 g/mol. The van der Waals surface area contributed by atoms with Crippen LogP contribution in [0.3, 0.4) is 0 Å². The fourth-order valence-electron chi connectivity index (χ4n) is 2.62. The van der Waals surface area contributed by atoms with Gasteiger partial charge in [-0.3, -0.25) is 4.79 Å². The molecular weight excluding hydrogens is 381 g/mol. The molecule has 1 heterocycles. The molecule has 3 rings (SSSR count). The Bertz CT molecular complexity index is 1120. The van der Waals surface area contributed by atoms with E-state index in [0.717, 1.165) is 10.9 Å². The topological polar surface area (TPSA) is 94.8 Å². The molecular formula is C21H18FNO6. The number of carbonyl (C=O) groups is 2. The summed E-state index contributed by atoms with van der Waals surface area (Å²) >= 11 is 0. The van der Waals surface area contributed by atoms with Crippen molar-refractivity contribution in [2.24, 2.45) is 0 Å². The number of hydrogen-bond acceptors (Lipinski definition) is 6. The van der Waals surface area contributed by atoms with Crippen molar-refractivity contribution in [1.82, 2.24) is 0 Å². The summed E-state index contributed by atoms with van der Waals surface area (Å²) in [7, 11) is 0. The molecule has 0 aliphatic rings. The first-order chi connectivity index (χ1) is 13.8. The van der Waals surface area contributed by atoms with Crippen molar-refractivity contribution in [3.05, 3.63) is 70.3 Å². The molecule has 0 fully saturated rings. The predicted molar refractivity (Wildman–Crippen MR) is 103 cm³/mol. The fraction of sp³-hybridized carbons (Fsp3) is 0.190. The molecule has 1 atom stereocenters. The first-order valence-electron chi connectivity index (χ1n) is 8.75. The normalized spacial score (nSPS) is 11.7. The quantitative estimate of drug-likeness (QED) is 0.505. The molecule has 150 valence electrons. The van der Waals surface area contributed by atoms with E-state index in [0.29, 0.717) is 11.3 Å². The van der Waals surface area contributed by atoms with Crippen LogP contribution in [0.25, 0.3) is 11.0 Å². The van der Waals surface area contributed by atoms with Crippen LogP contribution >= 0.6 is 0 Å². The minimum atomic E-state index is -1.15. The fourth-order valence-corrected chi connectivity index (χ4v) is 2.62. The highest BCUT2D eigenvalue weighted by Crippen LogP contribution is 2.22. The lowest BCUT2D eigenvalue weighted by atomic mass is 10.1. The van der Waals surface area contributed by atoms with Crippen LogP contribution in [0.4, 0.5) is 10.1 Å². The van der Waals surface area contributed by atoms with Gasteiger partial charge in [0.15, 0.2) is 12.7 Å². The number of amides is 1. The van der Waals surface area contributed by atoms with Crippen LogP contribution in [0, 0.1) is 12.7 Å². The third-order valence-electron chi connectivity index (χ3n) is 4.09. The van der Waals surface area contributed by atoms with E-state index >= 15 is 0 Å². The number of ether oxygens (including phenoxy) is 2. The molecule has 1 N–H and O–H groups in total. The van der Waals surface area contributed by atoms with Gasteiger partial charge in [-0.15, -0.1) is 0 Å². The van der Waals surface area contributed by atoms with E-state index in [1.165, 1.54) is 37.3 Å². The lowest BCUT2D eigenvalue weighted by Crippen LogP contribution is -2.31. The Labute approximate surface area is 165 Å². The summed E-state index contributed by atoms with van der Waals surface area (Å²) in [5.41, 5.74) is 0.598. The number of halogens is 1. The van der Waals surface area contributed by atoms with Crippen LogP contribution in [0.15, 0.2) is 57.7 Å². The van der Waals surface area contributed by atoms with Crippen LogP contribution in [-0.2, 0) is 14.3 Å². The molecule has 7 nitrogen and oxygen atoms in total. The van der Waals surface area contributed by atoms with E-state index in [1.54, 1.807) is 25.1 Å². The third kappa shape index (κ3) is 4.98. The van der Waals surface area contributed by atoms with Gasteiger partial charge < -0.3 is 19.2 Å². The number of nitrogens with one attached hydrogen (secondary N) is 1. The maximum absolute atomic E-state index is 13.6. The number of aryl methyl sites for hydroxylation is 1. The summed E-state index contributed by atoms with van der Waals surface area (Å²) in [5.74, 6) is -1.76. The Kier molecular flexibility index (Phi) is 5.92. The summed E-state index contributed by atoms with van der Waals surface area (Å²) in [5, 5.41) is 3.09. The Hall–Kier alpha value is -3.68. The van der Waals surface area contributed by atoms with E-state index in [1.807, 2.05) is 0 Å². The second kappa shape index (κ2) is 8.55. The van der Waals surface area contributed by atoms with Gasteiger partial charge in [0, 0.05) is 17.5 Å². The van der Waals surface area contributed by atoms with Gasteiger partial charge in [-0.05, 0) is 43.7 Å². The number of carbonyl (C=O) groups excluding carboxylic acids is 2. The molecule has 0 aliphatic carbocycles. The number of rotatable bonds is 6. The molecule has 0 radical (unpaired) electrons. The van der Waals surface area contributed by atoms with Crippen LogP contribution < -0.4 is 15.7 Å². The highest BCUT2D eigenvalue weighted by Gasteiger charge is 2.19. The van der Waals surface area contributed by atoms with Crippen LogP contribution in [0.2, 0.25) is 0 Å². The Morgan fingerprint density at radius 2 is 1.93 bits per heavy atom. The maximum Gasteiger partial charge on any atom is 0.344 e. The van der Waals surface area contributed by atoms with Gasteiger partial charge in [0.25, 0.3) is 5.91 Å². The molecule has 29 heavy (non-hydrogen) atoms. The first kappa shape index (κ1) is 20.1. The molecule has 0 saturated carbocycles. The molecule has 0 aliphatic heterocycles. The van der Waals surface area contributed by atoms with Crippen molar-refractivity contribution in [2.75, 3.05) is 11.9 Å². The smallest absolute Gasteiger partial charge is 0.344 e. The van der Waals surface area contributed by atoms with E-state index in [-0.39, 0.29) is 5.69 Å². The SMILES string of the molecule is Cc1cc(=O)oc2cc(OCC(=O)O[C@H](C)C(=O)Nc3ccccc3F)ccc12. The Morgan fingerprint density at radius 1 is 1.17 bits per heavy atom. The van der Waals surface area contributed by atoms with Crippen molar-refractivity contribution in [3.8, 4) is 5.75 Å². The molecule has 0 saturated heterocycles. The third-order valence-corrected chi connectivity index (χ3v) is 4.09. The largest absolute Gasteiger partial charge is 0.482 e. The average molecular weight is 399 g/mol. The van der Waals surface area contributed by atoms with Gasteiger partial charge in [-0.25, -0.2) is 14.0 Å². The van der Waals surface area contributed by atoms with Crippen molar-refractivity contribution < 1.29 is 27.9 Å². The molecule has 0 bridgehead atoms. The first-order valence-corrected chi connectivity index (χ1v) is 8.75. The van der Waals surface area contributed by atoms with E-state index in [9.17, 15) is 18.8 Å². The molecule has 1 amide bonds. The molecule has 1 aromatic heterocycles. The lowest BCUT2D eigenvalue weighted by Gasteiger charge is -2.14. The number of anilines is 1. The van der Waals surface area contributed by atoms with E-state index in [4.69, 9.17) is 13.9 Å². The Morgan fingerprint density at radius 3 is 2.69 bits per heavy atom. The molecule has 0 spiro atoms. The highest BCUT2D eigenvalue weighted by molar-refractivity contribution is 5.95. The van der Waals surface area contributed by atoms with Gasteiger partial charge in [-0.1, -0.05) is 12.1 Å². The van der Waals surface area contributed by atoms with Crippen molar-refractivity contribution in [1.29, 1.82) is 0 Å². The molecule has 0 unspecified atom stereocenters. The zero-order valence-electron chi connectivity index (χ0n) is 15.7. The summed E-state index contributed by atoms with van der Waals surface area (Å²) in [6, 6.07) is 11.9. The number of hydrogen-bond donors (Lipinski definition) is 1. The van der Waals surface area contributed by atoms with E-state index in [2.05, 4.69) is 5.32 Å². The van der Waals surface area contributed by atoms with Gasteiger partial charge in [0.05, 0.1) is 5.69 Å². The van der Waals surface area contributed by atoms with Gasteiger partial charge >= 0.3 is 11.6 Å². The van der Waals surface area contributed by atoms with E-state index < -0.39 is 36.0 Å². The lowest BCUT2D eigenvalue weighted by molar-refractivity contribution is -0.155. The van der Waals surface area contributed by atoms with Crippen LogP contribution in [0.5, 0.6) is 5.75 Å². The van der Waals surface area contributed by atoms with Crippen LogP contribution in [0.1, 0.15) is 12.5 Å². The molecule has 8 heteroatoms. The summed E-state index contributed by atoms with van der Waals surface area (Å²) in [6.45, 7) is 2.69. The minimum absolute atomic E-state index is 0.00963. The van der Waals surface area contributed by atoms with Gasteiger partial charge in [-0.2, -0.15) is 0 Å². The number of esters is 1. The Balaban J connectivity index is 1.56. The second-order valence-corrected chi connectivity index (χ2v) is 6.30. The highest BCUT2D eigenvalue weighted by atomic mass is 19.1. The minimum Gasteiger partial charge on any atom is -0.482 e. The predicted octanol–water partition coefficient (Wildman–Crippen LogP) is 3.19.